The summed E-state index contributed by atoms with van der Waals surface area (Å²) in [4.78, 5) is 77.3. The number of morpholine rings is 1. The molecule has 0 bridgehead atoms. The number of nitrogens with one attached hydrogen (secondary N) is 8. The second kappa shape index (κ2) is 47.2. The molecule has 37 heteroatoms. The first-order valence-electron chi connectivity index (χ1n) is 49.6. The van der Waals surface area contributed by atoms with E-state index in [0.717, 1.165) is 231 Å². The Hall–Kier alpha value is -14.0. The Balaban J connectivity index is 0.000000126. The molecule has 7 aromatic carbocycles. The third-order valence-electron chi connectivity index (χ3n) is 26.0. The van der Waals surface area contributed by atoms with Crippen LogP contribution < -0.4 is 57.1 Å². The summed E-state index contributed by atoms with van der Waals surface area (Å²) in [5, 5.41) is 27.6. The predicted octanol–water partition coefficient (Wildman–Crippen LogP) is 20.1. The van der Waals surface area contributed by atoms with Crippen molar-refractivity contribution in [1.29, 1.82) is 0 Å². The summed E-state index contributed by atoms with van der Waals surface area (Å²) in [6, 6.07) is 62.4. The SMILES string of the molecule is CC(C)n1c(Nc2ccc(Cl)nc2)nc2cnc(Nc3ccc(N4CCN(C)CC4)cc3)nc21.CC(C)n1c(Nc2ccccc2)nc2cnc(Nc3ccc(NCCCN4CCN(C)CC4)cc3)nc21.CC(C)n1c(Nc2ccccc2)nc2cnc(Nc3ccc(OCCN4CCOCC4)cc3)nc21.CN1CCN(c2ccc(Nc3ncc4nc(Cc5ccc(F)c(Cl)c5)n(C5CCCC5)c4n3)cc2)CC1. The highest BCUT2D eigenvalue weighted by molar-refractivity contribution is 6.30. The van der Waals surface area contributed by atoms with Crippen LogP contribution in [0.1, 0.15) is 109 Å². The molecular formula is C106H127Cl2FN32O2. The fourth-order valence-electron chi connectivity index (χ4n) is 18.2. The summed E-state index contributed by atoms with van der Waals surface area (Å²) in [6.07, 6.45) is 15.0. The lowest BCUT2D eigenvalue weighted by Gasteiger charge is -2.34. The number of imidazole rings is 4. The molecule has 34 nitrogen and oxygen atoms in total. The molecule has 1 saturated carbocycles. The number of aromatic nitrogens is 17. The molecule has 4 saturated heterocycles. The Morgan fingerprint density at radius 1 is 0.392 bits per heavy atom. The first-order chi connectivity index (χ1) is 69.7. The van der Waals surface area contributed by atoms with Gasteiger partial charge in [-0.25, -0.2) is 49.2 Å². The maximum absolute atomic E-state index is 13.7. The minimum Gasteiger partial charge on any atom is -0.492 e. The maximum Gasteiger partial charge on any atom is 0.229 e. The molecule has 9 aromatic heterocycles. The molecule has 0 radical (unpaired) electrons. The number of hydrogen-bond donors (Lipinski definition) is 8. The van der Waals surface area contributed by atoms with Crippen LogP contribution in [0.2, 0.25) is 10.2 Å². The lowest BCUT2D eigenvalue weighted by atomic mass is 10.1. The van der Waals surface area contributed by atoms with E-state index in [-0.39, 0.29) is 23.1 Å². The Morgan fingerprint density at radius 3 is 1.23 bits per heavy atom. The van der Waals surface area contributed by atoms with Crippen LogP contribution in [0.25, 0.3) is 44.7 Å². The van der Waals surface area contributed by atoms with E-state index in [9.17, 15) is 4.39 Å². The lowest BCUT2D eigenvalue weighted by Crippen LogP contribution is -2.44. The van der Waals surface area contributed by atoms with Crippen molar-refractivity contribution in [2.75, 3.05) is 205 Å². The van der Waals surface area contributed by atoms with Crippen molar-refractivity contribution in [3.05, 3.63) is 246 Å². The van der Waals surface area contributed by atoms with Crippen molar-refractivity contribution >= 4 is 166 Å². The number of nitrogens with zero attached hydrogens (tertiary/aromatic N) is 24. The van der Waals surface area contributed by atoms with Gasteiger partial charge in [-0.1, -0.05) is 78.5 Å². The Morgan fingerprint density at radius 2 is 0.790 bits per heavy atom. The van der Waals surface area contributed by atoms with Gasteiger partial charge in [-0.15, -0.1) is 0 Å². The summed E-state index contributed by atoms with van der Waals surface area (Å²) in [5.74, 6) is 5.67. The monoisotopic (exact) mass is 1970 g/mol. The van der Waals surface area contributed by atoms with Crippen LogP contribution in [0.3, 0.4) is 0 Å². The van der Waals surface area contributed by atoms with Crippen molar-refractivity contribution < 1.29 is 13.9 Å². The molecule has 8 N–H and O–H groups in total. The zero-order valence-corrected chi connectivity index (χ0v) is 84.2. The molecule has 0 spiro atoms. The summed E-state index contributed by atoms with van der Waals surface area (Å²) in [7, 11) is 6.53. The van der Waals surface area contributed by atoms with Gasteiger partial charge in [-0.05, 0) is 240 Å². The molecule has 21 rings (SSSR count). The minimum atomic E-state index is -0.409. The molecule has 0 unspecified atom stereocenters. The number of fused-ring (bicyclic) bond motifs is 4. The van der Waals surface area contributed by atoms with Gasteiger partial charge in [0, 0.05) is 186 Å². The van der Waals surface area contributed by atoms with Crippen molar-refractivity contribution in [1.82, 2.24) is 108 Å². The smallest absolute Gasteiger partial charge is 0.229 e. The van der Waals surface area contributed by atoms with Gasteiger partial charge in [0.05, 0.1) is 54.9 Å². The van der Waals surface area contributed by atoms with Crippen molar-refractivity contribution in [2.45, 2.75) is 104 Å². The van der Waals surface area contributed by atoms with E-state index in [2.05, 4.69) is 251 Å². The molecule has 16 aromatic rings. The highest BCUT2D eigenvalue weighted by atomic mass is 35.5. The van der Waals surface area contributed by atoms with E-state index in [0.29, 0.717) is 59.5 Å². The first kappa shape index (κ1) is 99.1. The Kier molecular flexibility index (Phi) is 32.7. The summed E-state index contributed by atoms with van der Waals surface area (Å²) in [6.45, 7) is 33.1. The van der Waals surface area contributed by atoms with Gasteiger partial charge < -0.3 is 86.0 Å². The second-order valence-corrected chi connectivity index (χ2v) is 38.3. The van der Waals surface area contributed by atoms with E-state index in [1.54, 1.807) is 49.2 Å². The van der Waals surface area contributed by atoms with Crippen LogP contribution >= 0.6 is 23.2 Å². The van der Waals surface area contributed by atoms with Crippen molar-refractivity contribution in [3.8, 4) is 5.75 Å². The number of ether oxygens (including phenoxy) is 2. The maximum atomic E-state index is 13.7. The zero-order valence-electron chi connectivity index (χ0n) is 82.7. The van der Waals surface area contributed by atoms with Crippen LogP contribution in [0.4, 0.5) is 103 Å². The predicted molar refractivity (Wildman–Crippen MR) is 574 cm³/mol. The van der Waals surface area contributed by atoms with Gasteiger partial charge in [0.25, 0.3) is 0 Å². The number of anilines is 17. The first-order valence-corrected chi connectivity index (χ1v) is 50.3. The van der Waals surface area contributed by atoms with Crippen LogP contribution in [0, 0.1) is 5.82 Å². The Labute approximate surface area is 843 Å². The quantitative estimate of drug-likeness (QED) is 0.0148. The van der Waals surface area contributed by atoms with Gasteiger partial charge in [0.1, 0.15) is 51.2 Å². The van der Waals surface area contributed by atoms with E-state index < -0.39 is 5.82 Å². The van der Waals surface area contributed by atoms with Gasteiger partial charge in [0.2, 0.25) is 41.6 Å². The molecule has 0 atom stereocenters. The normalized spacial score (nSPS) is 15.3. The zero-order chi connectivity index (χ0) is 98.7. The highest BCUT2D eigenvalue weighted by Crippen LogP contribution is 2.38. The number of likely N-dealkylation sites (N-methyl/N-ethyl adjacent to an activating group) is 3. The number of piperazine rings is 3. The topological polar surface area (TPSA) is 325 Å². The number of benzene rings is 7. The lowest BCUT2D eigenvalue weighted by molar-refractivity contribution is 0.0322. The molecule has 1 aliphatic carbocycles. The van der Waals surface area contributed by atoms with Crippen LogP contribution in [-0.4, -0.2) is 260 Å². The molecular weight excluding hydrogens is 1840 g/mol. The highest BCUT2D eigenvalue weighted by Gasteiger charge is 2.28. The average Bonchev–Trinajstić information content (AvgIpc) is 1.62. The van der Waals surface area contributed by atoms with E-state index in [1.807, 2.05) is 95.6 Å². The summed E-state index contributed by atoms with van der Waals surface area (Å²) < 4.78 is 33.5. The second-order valence-electron chi connectivity index (χ2n) is 37.5. The third-order valence-corrected chi connectivity index (χ3v) is 26.5. The third kappa shape index (κ3) is 26.1. The Bertz CT molecular complexity index is 6800. The van der Waals surface area contributed by atoms with Gasteiger partial charge >= 0.3 is 0 Å². The molecule has 744 valence electrons. The van der Waals surface area contributed by atoms with E-state index in [1.165, 1.54) is 56.5 Å². The summed E-state index contributed by atoms with van der Waals surface area (Å²) >= 11 is 12.0. The van der Waals surface area contributed by atoms with Gasteiger partial charge in [0.15, 0.2) is 22.6 Å². The minimum absolute atomic E-state index is 0.131. The fourth-order valence-corrected chi connectivity index (χ4v) is 18.5. The fraction of sp³-hybridized carbons (Fsp3) is 0.368. The van der Waals surface area contributed by atoms with Crippen molar-refractivity contribution in [2.24, 2.45) is 0 Å². The van der Waals surface area contributed by atoms with Gasteiger partial charge in [-0.3, -0.25) is 18.6 Å². The number of rotatable bonds is 31. The van der Waals surface area contributed by atoms with Gasteiger partial charge in [-0.2, -0.15) is 19.9 Å². The summed E-state index contributed by atoms with van der Waals surface area (Å²) in [5.41, 5.74) is 17.2. The molecule has 4 aliphatic heterocycles. The number of para-hydroxylation sites is 2. The largest absolute Gasteiger partial charge is 0.492 e. The molecule has 5 aliphatic rings. The number of hydrogen-bond acceptors (Lipinski definition) is 30. The van der Waals surface area contributed by atoms with Crippen LogP contribution in [-0.2, 0) is 11.2 Å². The van der Waals surface area contributed by atoms with Crippen molar-refractivity contribution in [3.63, 3.8) is 0 Å². The van der Waals surface area contributed by atoms with Crippen LogP contribution in [0.15, 0.2) is 219 Å². The molecule has 0 amide bonds. The standard InChI is InChI=1S/C28H31ClFN7.C28H37N9.C26H31N7O2.C24H28ClN9/c1-35-12-14-36(15-13-35)21-9-7-20(8-10-21)32-28-31-18-25-27(34-28)37(22-4-2-3-5-22)26(33-25)17-19-6-11-24(30)23(29)16-19;1-21(2)37-26-25(33-28(37)32-23-8-5-4-6-9-23)20-30-27(34-26)31-24-12-10-22(11-13-24)29-14-7-15-36-18-16-35(3)17-19-36;1-19(2)33-24-23(30-26(33)29-20-6-4-3-5-7-20)18-27-25(31-24)28-21-8-10-22(11-9-21)35-17-14-32-12-15-34-16-13-32;1-16(2)34-22-20(30-24(34)29-18-6-9-21(25)26-14-18)15-27-23(31-22)28-17-4-7-19(8-5-17)33-12-10-32(3)11-13-33/h6-11,16,18,22H,2-5,12-15,17H2,1H3,(H,31,32,34);4-6,8-13,20-21,29H,7,14-19H2,1-3H3,(H,32,33)(H,30,31,34);3-11,18-19H,12-17H2,1-2H3,(H,29,30)(H,27,28,31);4-9,14-16H,10-13H2,1-3H3,(H,29,30)(H,27,28,31). The molecule has 13 heterocycles. The van der Waals surface area contributed by atoms with E-state index >= 15 is 0 Å². The average molecular weight is 1970 g/mol. The number of pyridine rings is 1. The molecule has 5 fully saturated rings. The van der Waals surface area contributed by atoms with E-state index in [4.69, 9.17) is 72.5 Å². The molecule has 143 heavy (non-hydrogen) atoms. The van der Waals surface area contributed by atoms with Crippen LogP contribution in [0.5, 0.6) is 5.75 Å². The number of halogens is 3.